The fraction of sp³-hybridized carbons (Fsp3) is 0.333. The third-order valence-electron chi connectivity index (χ3n) is 2.79. The molecule has 8 heteroatoms. The zero-order valence-electron chi connectivity index (χ0n) is 8.83. The first-order valence-electron chi connectivity index (χ1n) is 4.87. The highest BCUT2D eigenvalue weighted by molar-refractivity contribution is 14.1. The highest BCUT2D eigenvalue weighted by atomic mass is 127. The average Bonchev–Trinajstić information content (AvgIpc) is 2.79. The molecule has 2 aromatic heterocycles. The van der Waals surface area contributed by atoms with Crippen molar-refractivity contribution < 1.29 is 10.2 Å². The summed E-state index contributed by atoms with van der Waals surface area (Å²) >= 11 is 3.74. The Hall–Kier alpha value is -0.710. The van der Waals surface area contributed by atoms with Gasteiger partial charge < -0.3 is 14.8 Å². The Labute approximate surface area is 114 Å². The van der Waals surface area contributed by atoms with Gasteiger partial charge in [-0.2, -0.15) is 5.10 Å². The number of fused-ring (bicyclic) bond motifs is 3. The molecule has 1 atom stereocenters. The summed E-state index contributed by atoms with van der Waals surface area (Å²) < 4.78 is 3.83. The van der Waals surface area contributed by atoms with E-state index < -0.39 is 6.23 Å². The molecule has 3 heterocycles. The third kappa shape index (κ3) is 1.51. The summed E-state index contributed by atoms with van der Waals surface area (Å²) in [5, 5.41) is 24.4. The van der Waals surface area contributed by atoms with Crippen LogP contribution in [0.4, 0.5) is 0 Å². The van der Waals surface area contributed by atoms with Crippen LogP contribution in [0, 0.1) is 3.01 Å². The smallest absolute Gasteiger partial charge is 0.187 e. The van der Waals surface area contributed by atoms with Crippen LogP contribution in [0.1, 0.15) is 17.5 Å². The maximum absolute atomic E-state index is 10.1. The van der Waals surface area contributed by atoms with E-state index >= 15 is 0 Å². The van der Waals surface area contributed by atoms with Gasteiger partial charge in [-0.15, -0.1) is 11.3 Å². The molecule has 1 aliphatic heterocycles. The van der Waals surface area contributed by atoms with E-state index in [0.29, 0.717) is 0 Å². The first-order valence-corrected chi connectivity index (χ1v) is 6.77. The van der Waals surface area contributed by atoms with Gasteiger partial charge >= 0.3 is 0 Å². The fourth-order valence-corrected chi connectivity index (χ4v) is 3.72. The van der Waals surface area contributed by atoms with E-state index in [1.54, 1.807) is 17.6 Å². The fourth-order valence-electron chi connectivity index (χ4n) is 1.99. The summed E-state index contributed by atoms with van der Waals surface area (Å²) in [7, 11) is 1.86. The van der Waals surface area contributed by atoms with Crippen molar-refractivity contribution in [3.05, 3.63) is 14.3 Å². The SMILES string of the molecule is Cn1c2c(c3sc(I)nc31)C=NN(CO)C2O. The van der Waals surface area contributed by atoms with Gasteiger partial charge in [0.15, 0.2) is 14.9 Å². The average molecular weight is 364 g/mol. The second kappa shape index (κ2) is 3.90. The Kier molecular flexibility index (Phi) is 2.61. The van der Waals surface area contributed by atoms with Crippen LogP contribution in [0.15, 0.2) is 5.10 Å². The molecule has 1 unspecified atom stereocenters. The van der Waals surface area contributed by atoms with Gasteiger partial charge in [0, 0.05) is 12.6 Å². The number of aliphatic hydroxyl groups excluding tert-OH is 2. The zero-order valence-corrected chi connectivity index (χ0v) is 11.8. The normalized spacial score (nSPS) is 19.1. The van der Waals surface area contributed by atoms with Crippen molar-refractivity contribution in [3.8, 4) is 0 Å². The highest BCUT2D eigenvalue weighted by Crippen LogP contribution is 2.35. The van der Waals surface area contributed by atoms with Crippen LogP contribution in [-0.4, -0.2) is 37.7 Å². The van der Waals surface area contributed by atoms with Crippen LogP contribution in [0.5, 0.6) is 0 Å². The molecule has 3 rings (SSSR count). The van der Waals surface area contributed by atoms with Gasteiger partial charge in [0.25, 0.3) is 0 Å². The molecule has 6 nitrogen and oxygen atoms in total. The van der Waals surface area contributed by atoms with E-state index in [2.05, 4.69) is 32.7 Å². The van der Waals surface area contributed by atoms with Crippen molar-refractivity contribution in [2.24, 2.45) is 12.1 Å². The largest absolute Gasteiger partial charge is 0.375 e. The molecule has 0 radical (unpaired) electrons. The van der Waals surface area contributed by atoms with Crippen LogP contribution in [0.25, 0.3) is 10.3 Å². The Balaban J connectivity index is 2.29. The van der Waals surface area contributed by atoms with Crippen molar-refractivity contribution >= 4 is 50.5 Å². The lowest BCUT2D eigenvalue weighted by atomic mass is 10.2. The molecule has 0 saturated carbocycles. The van der Waals surface area contributed by atoms with Crippen LogP contribution in [-0.2, 0) is 7.05 Å². The quantitative estimate of drug-likeness (QED) is 0.736. The molecule has 17 heavy (non-hydrogen) atoms. The summed E-state index contributed by atoms with van der Waals surface area (Å²) in [5.41, 5.74) is 2.45. The first kappa shape index (κ1) is 11.4. The number of hydrogen-bond donors (Lipinski definition) is 2. The van der Waals surface area contributed by atoms with Crippen molar-refractivity contribution in [2.45, 2.75) is 6.23 Å². The summed E-state index contributed by atoms with van der Waals surface area (Å²) in [5.74, 6) is 0. The summed E-state index contributed by atoms with van der Waals surface area (Å²) in [6.07, 6.45) is 0.735. The Morgan fingerprint density at radius 1 is 1.59 bits per heavy atom. The van der Waals surface area contributed by atoms with Crippen molar-refractivity contribution in [1.29, 1.82) is 0 Å². The van der Waals surface area contributed by atoms with Crippen molar-refractivity contribution in [3.63, 3.8) is 0 Å². The van der Waals surface area contributed by atoms with Gasteiger partial charge in [0.2, 0.25) is 0 Å². The number of hydrogen-bond acceptors (Lipinski definition) is 6. The molecule has 90 valence electrons. The Morgan fingerprint density at radius 3 is 3.06 bits per heavy atom. The van der Waals surface area contributed by atoms with Gasteiger partial charge in [-0.3, -0.25) is 0 Å². The van der Waals surface area contributed by atoms with Gasteiger partial charge in [0.1, 0.15) is 6.73 Å². The summed E-state index contributed by atoms with van der Waals surface area (Å²) in [6.45, 7) is -0.319. The minimum Gasteiger partial charge on any atom is -0.375 e. The molecule has 0 saturated heterocycles. The molecular formula is C9H9IN4O2S. The lowest BCUT2D eigenvalue weighted by Crippen LogP contribution is -2.29. The monoisotopic (exact) mass is 364 g/mol. The van der Waals surface area contributed by atoms with E-state index in [1.165, 1.54) is 5.01 Å². The molecule has 0 amide bonds. The van der Waals surface area contributed by atoms with Crippen LogP contribution in [0.3, 0.4) is 0 Å². The maximum Gasteiger partial charge on any atom is 0.187 e. The molecule has 0 fully saturated rings. The van der Waals surface area contributed by atoms with Crippen molar-refractivity contribution in [2.75, 3.05) is 6.73 Å². The Bertz CT molecular complexity index is 620. The minimum atomic E-state index is -0.927. The number of aromatic nitrogens is 2. The van der Waals surface area contributed by atoms with E-state index in [1.807, 2.05) is 11.6 Å². The van der Waals surface area contributed by atoms with Gasteiger partial charge in [0.05, 0.1) is 16.6 Å². The molecule has 1 aliphatic rings. The number of thiazole rings is 1. The predicted octanol–water partition coefficient (Wildman–Crippen LogP) is 0.830. The Morgan fingerprint density at radius 2 is 2.35 bits per heavy atom. The molecule has 0 aliphatic carbocycles. The first-order chi connectivity index (χ1) is 8.13. The van der Waals surface area contributed by atoms with E-state index in [9.17, 15) is 5.11 Å². The third-order valence-corrected chi connectivity index (χ3v) is 4.56. The van der Waals surface area contributed by atoms with Gasteiger partial charge in [-0.05, 0) is 22.6 Å². The minimum absolute atomic E-state index is 0.319. The van der Waals surface area contributed by atoms with Crippen LogP contribution < -0.4 is 0 Å². The molecule has 0 bridgehead atoms. The molecular weight excluding hydrogens is 355 g/mol. The molecule has 2 aromatic rings. The molecule has 2 N–H and O–H groups in total. The molecule has 0 spiro atoms. The number of rotatable bonds is 1. The van der Waals surface area contributed by atoms with Crippen LogP contribution >= 0.6 is 33.9 Å². The van der Waals surface area contributed by atoms with E-state index in [4.69, 9.17) is 5.11 Å². The second-order valence-electron chi connectivity index (χ2n) is 3.68. The number of hydrazone groups is 1. The number of nitrogens with zero attached hydrogens (tertiary/aromatic N) is 4. The lowest BCUT2D eigenvalue weighted by molar-refractivity contribution is -0.0525. The summed E-state index contributed by atoms with van der Waals surface area (Å²) in [4.78, 5) is 4.42. The molecule has 0 aromatic carbocycles. The number of aryl methyl sites for hydroxylation is 1. The topological polar surface area (TPSA) is 73.9 Å². The zero-order chi connectivity index (χ0) is 12.2. The lowest BCUT2D eigenvalue weighted by Gasteiger charge is -2.26. The summed E-state index contributed by atoms with van der Waals surface area (Å²) in [6, 6.07) is 0. The standard InChI is InChI=1S/C9H9IN4O2S/c1-13-5-4(2-11-14(3-15)8(5)16)6-7(13)12-9(10)17-6/h2,8,15-16H,3H2,1H3. The number of halogens is 1. The highest BCUT2D eigenvalue weighted by Gasteiger charge is 2.29. The van der Waals surface area contributed by atoms with Crippen LogP contribution in [0.2, 0.25) is 0 Å². The maximum atomic E-state index is 10.1. The van der Waals surface area contributed by atoms with Gasteiger partial charge in [-0.1, -0.05) is 0 Å². The number of aliphatic hydroxyl groups is 2. The van der Waals surface area contributed by atoms with E-state index in [0.717, 1.165) is 24.6 Å². The van der Waals surface area contributed by atoms with Gasteiger partial charge in [-0.25, -0.2) is 9.99 Å². The second-order valence-corrected chi connectivity index (χ2v) is 6.43. The predicted molar refractivity (Wildman–Crippen MR) is 72.8 cm³/mol. The van der Waals surface area contributed by atoms with E-state index in [-0.39, 0.29) is 6.73 Å². The van der Waals surface area contributed by atoms with Crippen molar-refractivity contribution in [1.82, 2.24) is 14.6 Å².